The van der Waals surface area contributed by atoms with Crippen molar-refractivity contribution in [3.8, 4) is 0 Å². The quantitative estimate of drug-likeness (QED) is 0.553. The van der Waals surface area contributed by atoms with Crippen LogP contribution in [0.2, 0.25) is 0 Å². The molecule has 0 aliphatic carbocycles. The highest BCUT2D eigenvalue weighted by atomic mass is 79.9. The van der Waals surface area contributed by atoms with E-state index < -0.39 is 11.9 Å². The van der Waals surface area contributed by atoms with E-state index in [4.69, 9.17) is 10.2 Å². The minimum absolute atomic E-state index is 0.437. The monoisotopic (exact) mass is 506 g/mol. The molecule has 1 aliphatic heterocycles. The van der Waals surface area contributed by atoms with Crippen LogP contribution in [0.15, 0.2) is 74.9 Å². The molecule has 2 aromatic carbocycles. The van der Waals surface area contributed by atoms with Crippen LogP contribution in [-0.4, -0.2) is 65.2 Å². The number of halogens is 1. The van der Waals surface area contributed by atoms with Gasteiger partial charge in [-0.05, 0) is 49.9 Å². The van der Waals surface area contributed by atoms with E-state index in [1.807, 2.05) is 11.8 Å². The average molecular weight is 507 g/mol. The Morgan fingerprint density at radius 3 is 2.13 bits per heavy atom. The van der Waals surface area contributed by atoms with Crippen molar-refractivity contribution in [2.45, 2.75) is 22.8 Å². The normalized spacial score (nSPS) is 15.8. The third-order valence-corrected chi connectivity index (χ3v) is 6.44. The van der Waals surface area contributed by atoms with Gasteiger partial charge in [-0.1, -0.05) is 45.9 Å². The maximum atomic E-state index is 9.55. The average Bonchev–Trinajstić information content (AvgIpc) is 2.75. The Morgan fingerprint density at radius 1 is 1.00 bits per heavy atom. The highest BCUT2D eigenvalue weighted by Gasteiger charge is 2.22. The molecule has 0 spiro atoms. The van der Waals surface area contributed by atoms with Crippen molar-refractivity contribution in [1.29, 1.82) is 0 Å². The molecular formula is C23H27BrN2O4S. The van der Waals surface area contributed by atoms with Crippen LogP contribution in [0.1, 0.15) is 18.5 Å². The summed E-state index contributed by atoms with van der Waals surface area (Å²) in [5.74, 6) is -2.51. The fraction of sp³-hybridized carbons (Fsp3) is 0.304. The first-order valence-corrected chi connectivity index (χ1v) is 11.5. The number of piperazine rings is 1. The van der Waals surface area contributed by atoms with E-state index in [9.17, 15) is 9.59 Å². The van der Waals surface area contributed by atoms with E-state index in [1.54, 1.807) is 0 Å². The molecule has 0 bridgehead atoms. The number of hydrogen-bond acceptors (Lipinski definition) is 5. The molecule has 0 radical (unpaired) electrons. The van der Waals surface area contributed by atoms with Gasteiger partial charge in [-0.3, -0.25) is 4.90 Å². The van der Waals surface area contributed by atoms with Crippen molar-refractivity contribution in [2.75, 3.05) is 33.2 Å². The molecule has 166 valence electrons. The number of carboxylic acids is 2. The Bertz CT molecular complexity index is 884. The fourth-order valence-electron chi connectivity index (χ4n) is 3.10. The number of likely N-dealkylation sites (N-methyl/N-ethyl adjacent to an activating group) is 1. The van der Waals surface area contributed by atoms with Gasteiger partial charge in [0, 0.05) is 58.6 Å². The first-order chi connectivity index (χ1) is 14.8. The summed E-state index contributed by atoms with van der Waals surface area (Å²) in [4.78, 5) is 26.8. The molecule has 1 saturated heterocycles. The minimum atomic E-state index is -1.26. The summed E-state index contributed by atoms with van der Waals surface area (Å²) in [5, 5.41) is 15.6. The molecule has 1 fully saturated rings. The van der Waals surface area contributed by atoms with E-state index in [1.165, 1.54) is 15.4 Å². The predicted octanol–water partition coefficient (Wildman–Crippen LogP) is 4.62. The van der Waals surface area contributed by atoms with Gasteiger partial charge in [0.1, 0.15) is 0 Å². The van der Waals surface area contributed by atoms with Gasteiger partial charge >= 0.3 is 11.9 Å². The van der Waals surface area contributed by atoms with Crippen molar-refractivity contribution in [1.82, 2.24) is 9.80 Å². The second-order valence-corrected chi connectivity index (χ2v) is 9.15. The van der Waals surface area contributed by atoms with Gasteiger partial charge in [-0.25, -0.2) is 9.59 Å². The Balaban J connectivity index is 0.000000366. The van der Waals surface area contributed by atoms with Crippen LogP contribution in [0.25, 0.3) is 0 Å². The second-order valence-electron chi connectivity index (χ2n) is 7.12. The topological polar surface area (TPSA) is 81.1 Å². The van der Waals surface area contributed by atoms with Crippen molar-refractivity contribution in [3.05, 3.63) is 70.7 Å². The standard InChI is InChI=1S/C19H23BrN2S.C4H4O4/c1-15(22-12-10-21(2)11-13-22)18-14-16(20)8-9-19(18)23-17-6-4-3-5-7-17;5-3(6)1-2-4(7)8/h3-9,14-15H,10-13H2,1-2H3;1-2H,(H,5,6)(H,7,8)/b;2-1-. The van der Waals surface area contributed by atoms with Gasteiger partial charge in [0.05, 0.1) is 0 Å². The summed E-state index contributed by atoms with van der Waals surface area (Å²) >= 11 is 5.51. The summed E-state index contributed by atoms with van der Waals surface area (Å²) in [5.41, 5.74) is 1.41. The number of carboxylic acid groups (broad SMARTS) is 2. The van der Waals surface area contributed by atoms with Crippen molar-refractivity contribution >= 4 is 39.6 Å². The third-order valence-electron chi connectivity index (χ3n) is 4.85. The molecule has 0 amide bonds. The highest BCUT2D eigenvalue weighted by molar-refractivity contribution is 9.10. The summed E-state index contributed by atoms with van der Waals surface area (Å²) < 4.78 is 1.16. The molecule has 6 nitrogen and oxygen atoms in total. The molecule has 2 aromatic rings. The van der Waals surface area contributed by atoms with Gasteiger partial charge in [-0.2, -0.15) is 0 Å². The van der Waals surface area contributed by atoms with Gasteiger partial charge < -0.3 is 15.1 Å². The Kier molecular flexibility index (Phi) is 10.3. The van der Waals surface area contributed by atoms with E-state index in [0.717, 1.165) is 30.7 Å². The Morgan fingerprint density at radius 2 is 1.58 bits per heavy atom. The second kappa shape index (κ2) is 12.7. The molecule has 3 rings (SSSR count). The number of carbonyl (C=O) groups is 2. The van der Waals surface area contributed by atoms with E-state index in [-0.39, 0.29) is 0 Å². The van der Waals surface area contributed by atoms with Crippen molar-refractivity contribution in [3.63, 3.8) is 0 Å². The molecule has 0 saturated carbocycles. The fourth-order valence-corrected chi connectivity index (χ4v) is 4.51. The number of hydrogen-bond donors (Lipinski definition) is 2. The lowest BCUT2D eigenvalue weighted by Crippen LogP contribution is -2.45. The van der Waals surface area contributed by atoms with Crippen LogP contribution in [0.3, 0.4) is 0 Å². The molecular weight excluding hydrogens is 480 g/mol. The van der Waals surface area contributed by atoms with Gasteiger partial charge in [0.2, 0.25) is 0 Å². The van der Waals surface area contributed by atoms with Crippen LogP contribution in [0, 0.1) is 0 Å². The van der Waals surface area contributed by atoms with Crippen molar-refractivity contribution in [2.24, 2.45) is 0 Å². The maximum absolute atomic E-state index is 9.55. The summed E-state index contributed by atoms with van der Waals surface area (Å²) in [6.45, 7) is 6.92. The zero-order valence-electron chi connectivity index (χ0n) is 17.6. The lowest BCUT2D eigenvalue weighted by atomic mass is 10.1. The summed E-state index contributed by atoms with van der Waals surface area (Å²) in [6, 6.07) is 17.7. The zero-order valence-corrected chi connectivity index (χ0v) is 20.0. The lowest BCUT2D eigenvalue weighted by molar-refractivity contribution is -0.134. The first kappa shape index (κ1) is 25.1. The number of benzene rings is 2. The minimum Gasteiger partial charge on any atom is -0.478 e. The first-order valence-electron chi connectivity index (χ1n) is 9.85. The van der Waals surface area contributed by atoms with Crippen LogP contribution in [-0.2, 0) is 9.59 Å². The van der Waals surface area contributed by atoms with E-state index in [0.29, 0.717) is 18.2 Å². The van der Waals surface area contributed by atoms with Crippen LogP contribution in [0.5, 0.6) is 0 Å². The molecule has 2 N–H and O–H groups in total. The molecule has 1 aliphatic rings. The highest BCUT2D eigenvalue weighted by Crippen LogP contribution is 2.37. The molecule has 1 atom stereocenters. The Labute approximate surface area is 195 Å². The number of nitrogens with zero attached hydrogens (tertiary/aromatic N) is 2. The van der Waals surface area contributed by atoms with Crippen LogP contribution < -0.4 is 0 Å². The zero-order chi connectivity index (χ0) is 22.8. The van der Waals surface area contributed by atoms with Crippen molar-refractivity contribution < 1.29 is 19.8 Å². The maximum Gasteiger partial charge on any atom is 0.328 e. The van der Waals surface area contributed by atoms with Gasteiger partial charge in [0.15, 0.2) is 0 Å². The molecule has 8 heteroatoms. The molecule has 0 aromatic heterocycles. The molecule has 1 heterocycles. The third kappa shape index (κ3) is 8.86. The SMILES string of the molecule is CC(c1cc(Br)ccc1Sc1ccccc1)N1CCN(C)CC1.O=C(O)/C=C\C(=O)O. The number of aliphatic carboxylic acids is 2. The van der Waals surface area contributed by atoms with E-state index in [2.05, 4.69) is 88.2 Å². The lowest BCUT2D eigenvalue weighted by Gasteiger charge is -2.37. The number of rotatable bonds is 6. The summed E-state index contributed by atoms with van der Waals surface area (Å²) in [7, 11) is 2.21. The predicted molar refractivity (Wildman–Crippen MR) is 127 cm³/mol. The molecule has 1 unspecified atom stereocenters. The Hall–Kier alpha value is -2.13. The smallest absolute Gasteiger partial charge is 0.328 e. The van der Waals surface area contributed by atoms with Crippen LogP contribution in [0.4, 0.5) is 0 Å². The van der Waals surface area contributed by atoms with Crippen LogP contribution >= 0.6 is 27.7 Å². The van der Waals surface area contributed by atoms with Gasteiger partial charge in [0.25, 0.3) is 0 Å². The molecule has 31 heavy (non-hydrogen) atoms. The largest absolute Gasteiger partial charge is 0.478 e. The summed E-state index contributed by atoms with van der Waals surface area (Å²) in [6.07, 6.45) is 1.12. The van der Waals surface area contributed by atoms with E-state index >= 15 is 0 Å². The van der Waals surface area contributed by atoms with Gasteiger partial charge in [-0.15, -0.1) is 0 Å².